The number of carbonyl (C=O) groups is 2. The van der Waals surface area contributed by atoms with Gasteiger partial charge in [-0.25, -0.2) is 0 Å². The fraction of sp³-hybridized carbons (Fsp3) is 0.500. The third kappa shape index (κ3) is 5.23. The predicted molar refractivity (Wildman–Crippen MR) is 130 cm³/mol. The van der Waals surface area contributed by atoms with Gasteiger partial charge in [-0.1, -0.05) is 74.9 Å². The first-order chi connectivity index (χ1) is 15.6. The summed E-state index contributed by atoms with van der Waals surface area (Å²) in [6.45, 7) is 1.97. The van der Waals surface area contributed by atoms with Crippen molar-refractivity contribution in [3.8, 4) is 0 Å². The van der Waals surface area contributed by atoms with Crippen LogP contribution in [0.3, 0.4) is 0 Å². The zero-order valence-corrected chi connectivity index (χ0v) is 19.3. The molecule has 0 bridgehead atoms. The second kappa shape index (κ2) is 10.8. The summed E-state index contributed by atoms with van der Waals surface area (Å²) in [6, 6.07) is 17.2. The highest BCUT2D eigenvalue weighted by atomic mass is 16.2. The summed E-state index contributed by atoms with van der Waals surface area (Å²) >= 11 is 0. The van der Waals surface area contributed by atoms with Crippen molar-refractivity contribution in [2.24, 2.45) is 5.92 Å². The topological polar surface area (TPSA) is 49.4 Å². The summed E-state index contributed by atoms with van der Waals surface area (Å²) in [6.07, 6.45) is 11.1. The third-order valence-electron chi connectivity index (χ3n) is 7.22. The maximum absolute atomic E-state index is 14.0. The van der Waals surface area contributed by atoms with Crippen LogP contribution in [-0.4, -0.2) is 23.9 Å². The second-order valence-corrected chi connectivity index (χ2v) is 9.51. The van der Waals surface area contributed by atoms with Crippen molar-refractivity contribution in [1.29, 1.82) is 0 Å². The molecule has 4 heteroatoms. The van der Waals surface area contributed by atoms with Crippen molar-refractivity contribution in [3.05, 3.63) is 65.7 Å². The molecule has 2 aromatic rings. The first kappa shape index (κ1) is 22.6. The summed E-state index contributed by atoms with van der Waals surface area (Å²) in [7, 11) is 0. The van der Waals surface area contributed by atoms with Crippen molar-refractivity contribution in [1.82, 2.24) is 5.32 Å². The molecule has 170 valence electrons. The van der Waals surface area contributed by atoms with E-state index in [-0.39, 0.29) is 23.8 Å². The van der Waals surface area contributed by atoms with Gasteiger partial charge < -0.3 is 5.32 Å². The van der Waals surface area contributed by atoms with Crippen LogP contribution in [0.15, 0.2) is 54.6 Å². The molecule has 1 atom stereocenters. The first-order valence-corrected chi connectivity index (χ1v) is 12.4. The van der Waals surface area contributed by atoms with E-state index in [1.54, 1.807) is 4.90 Å². The SMILES string of the molecule is Cc1ccccc1C(=O)N(c1ccccc1)C(C(=O)NC1CCCCC1)C1CCCCC1. The number of nitrogens with zero attached hydrogens (tertiary/aromatic N) is 1. The van der Waals surface area contributed by atoms with E-state index >= 15 is 0 Å². The summed E-state index contributed by atoms with van der Waals surface area (Å²) in [5, 5.41) is 3.35. The number of benzene rings is 2. The van der Waals surface area contributed by atoms with Gasteiger partial charge in [0.25, 0.3) is 5.91 Å². The third-order valence-corrected chi connectivity index (χ3v) is 7.22. The van der Waals surface area contributed by atoms with Gasteiger partial charge in [-0.3, -0.25) is 14.5 Å². The van der Waals surface area contributed by atoms with E-state index in [1.807, 2.05) is 61.5 Å². The van der Waals surface area contributed by atoms with Gasteiger partial charge in [0.1, 0.15) is 6.04 Å². The number of amides is 2. The molecule has 0 saturated heterocycles. The van der Waals surface area contributed by atoms with Crippen molar-refractivity contribution in [3.63, 3.8) is 0 Å². The minimum Gasteiger partial charge on any atom is -0.352 e. The fourth-order valence-electron chi connectivity index (χ4n) is 5.46. The molecule has 2 aliphatic rings. The van der Waals surface area contributed by atoms with Gasteiger partial charge in [0, 0.05) is 17.3 Å². The molecule has 2 saturated carbocycles. The Kier molecular flexibility index (Phi) is 7.62. The van der Waals surface area contributed by atoms with Crippen LogP contribution in [-0.2, 0) is 4.79 Å². The quantitative estimate of drug-likeness (QED) is 0.605. The van der Waals surface area contributed by atoms with Crippen molar-refractivity contribution in [2.45, 2.75) is 83.2 Å². The van der Waals surface area contributed by atoms with E-state index in [4.69, 9.17) is 0 Å². The molecule has 2 fully saturated rings. The molecule has 1 N–H and O–H groups in total. The maximum Gasteiger partial charge on any atom is 0.259 e. The second-order valence-electron chi connectivity index (χ2n) is 9.51. The normalized spacial score (nSPS) is 18.7. The Morgan fingerprint density at radius 3 is 2.06 bits per heavy atom. The van der Waals surface area contributed by atoms with Gasteiger partial charge >= 0.3 is 0 Å². The van der Waals surface area contributed by atoms with Crippen LogP contribution in [0.4, 0.5) is 5.69 Å². The van der Waals surface area contributed by atoms with Crippen LogP contribution in [0, 0.1) is 12.8 Å². The number of aryl methyl sites for hydroxylation is 1. The van der Waals surface area contributed by atoms with Crippen molar-refractivity contribution < 1.29 is 9.59 Å². The van der Waals surface area contributed by atoms with Crippen LogP contribution < -0.4 is 10.2 Å². The van der Waals surface area contributed by atoms with Gasteiger partial charge in [0.2, 0.25) is 5.91 Å². The average Bonchev–Trinajstić information content (AvgIpc) is 2.84. The van der Waals surface area contributed by atoms with Gasteiger partial charge in [0.05, 0.1) is 0 Å². The lowest BCUT2D eigenvalue weighted by molar-refractivity contribution is -0.124. The standard InChI is InChI=1S/C28H36N2O2/c1-21-13-11-12-20-25(21)28(32)30(24-18-9-4-10-19-24)26(22-14-5-2-6-15-22)27(31)29-23-16-7-3-8-17-23/h4,9-13,18-20,22-23,26H,2-3,5-8,14-17H2,1H3,(H,29,31). The number of anilines is 1. The predicted octanol–water partition coefficient (Wildman–Crippen LogP) is 6.04. The Morgan fingerprint density at radius 1 is 0.812 bits per heavy atom. The van der Waals surface area contributed by atoms with Crippen LogP contribution in [0.1, 0.15) is 80.1 Å². The molecule has 0 spiro atoms. The molecule has 0 heterocycles. The maximum atomic E-state index is 14.0. The molecule has 0 aliphatic heterocycles. The zero-order valence-electron chi connectivity index (χ0n) is 19.3. The molecule has 2 aliphatic carbocycles. The Labute approximate surface area is 192 Å². The highest BCUT2D eigenvalue weighted by molar-refractivity contribution is 6.10. The summed E-state index contributed by atoms with van der Waals surface area (Å²) in [5.74, 6) is 0.124. The largest absolute Gasteiger partial charge is 0.352 e. The lowest BCUT2D eigenvalue weighted by Crippen LogP contribution is -2.56. The first-order valence-electron chi connectivity index (χ1n) is 12.4. The zero-order chi connectivity index (χ0) is 22.3. The van der Waals surface area contributed by atoms with Gasteiger partial charge in [0.15, 0.2) is 0 Å². The van der Waals surface area contributed by atoms with E-state index in [0.29, 0.717) is 5.56 Å². The Balaban J connectivity index is 1.72. The minimum atomic E-state index is -0.480. The summed E-state index contributed by atoms with van der Waals surface area (Å²) < 4.78 is 0. The van der Waals surface area contributed by atoms with E-state index < -0.39 is 6.04 Å². The molecular weight excluding hydrogens is 396 g/mol. The summed E-state index contributed by atoms with van der Waals surface area (Å²) in [4.78, 5) is 29.6. The molecule has 2 aromatic carbocycles. The lowest BCUT2D eigenvalue weighted by atomic mass is 9.82. The number of nitrogens with one attached hydrogen (secondary N) is 1. The molecule has 32 heavy (non-hydrogen) atoms. The highest BCUT2D eigenvalue weighted by Gasteiger charge is 2.39. The Hall–Kier alpha value is -2.62. The minimum absolute atomic E-state index is 0.0228. The molecule has 4 nitrogen and oxygen atoms in total. The van der Waals surface area contributed by atoms with Crippen molar-refractivity contribution >= 4 is 17.5 Å². The van der Waals surface area contributed by atoms with Crippen molar-refractivity contribution in [2.75, 3.05) is 4.90 Å². The smallest absolute Gasteiger partial charge is 0.259 e. The molecule has 1 unspecified atom stereocenters. The Morgan fingerprint density at radius 2 is 1.41 bits per heavy atom. The van der Waals surface area contributed by atoms with Gasteiger partial charge in [-0.2, -0.15) is 0 Å². The van der Waals surface area contributed by atoms with Gasteiger partial charge in [-0.15, -0.1) is 0 Å². The van der Waals surface area contributed by atoms with E-state index in [9.17, 15) is 9.59 Å². The Bertz CT molecular complexity index is 899. The highest BCUT2D eigenvalue weighted by Crippen LogP contribution is 2.33. The molecular formula is C28H36N2O2. The van der Waals surface area contributed by atoms with Crippen LogP contribution in [0.2, 0.25) is 0 Å². The number of carbonyl (C=O) groups excluding carboxylic acids is 2. The molecule has 0 radical (unpaired) electrons. The van der Waals surface area contributed by atoms with Crippen LogP contribution in [0.5, 0.6) is 0 Å². The van der Waals surface area contributed by atoms with E-state index in [0.717, 1.165) is 49.8 Å². The van der Waals surface area contributed by atoms with Crippen LogP contribution in [0.25, 0.3) is 0 Å². The number of hydrogen-bond acceptors (Lipinski definition) is 2. The monoisotopic (exact) mass is 432 g/mol. The average molecular weight is 433 g/mol. The summed E-state index contributed by atoms with van der Waals surface area (Å²) in [5.41, 5.74) is 2.41. The fourth-order valence-corrected chi connectivity index (χ4v) is 5.46. The van der Waals surface area contributed by atoms with E-state index in [2.05, 4.69) is 5.32 Å². The molecule has 0 aromatic heterocycles. The lowest BCUT2D eigenvalue weighted by Gasteiger charge is -2.39. The van der Waals surface area contributed by atoms with E-state index in [1.165, 1.54) is 25.7 Å². The molecule has 2 amide bonds. The van der Waals surface area contributed by atoms with Gasteiger partial charge in [-0.05, 0) is 62.3 Å². The van der Waals surface area contributed by atoms with Crippen LogP contribution >= 0.6 is 0 Å². The number of para-hydroxylation sites is 1. The molecule has 4 rings (SSSR count). The number of rotatable bonds is 6. The number of hydrogen-bond donors (Lipinski definition) is 1.